The molecule has 64 valence electrons. The standard InChI is InChI=1S/C10H12OS/c11-10(6-2-1-3-7-10)9-5-4-8-12-9/h2,4-6,8,11H,1,3,7H2/t10-/m0/s1. The molecule has 0 radical (unpaired) electrons. The summed E-state index contributed by atoms with van der Waals surface area (Å²) in [5, 5.41) is 12.2. The molecule has 2 rings (SSSR count). The Morgan fingerprint density at radius 3 is 3.00 bits per heavy atom. The van der Waals surface area contributed by atoms with Gasteiger partial charge in [-0.3, -0.25) is 0 Å². The molecule has 1 aromatic rings. The molecule has 0 unspecified atom stereocenters. The molecule has 0 spiro atoms. The van der Waals surface area contributed by atoms with Crippen molar-refractivity contribution < 1.29 is 5.11 Å². The second-order valence-corrected chi connectivity index (χ2v) is 4.14. The maximum absolute atomic E-state index is 10.2. The highest BCUT2D eigenvalue weighted by molar-refractivity contribution is 7.10. The van der Waals surface area contributed by atoms with Crippen molar-refractivity contribution in [2.75, 3.05) is 0 Å². The van der Waals surface area contributed by atoms with Crippen LogP contribution < -0.4 is 0 Å². The topological polar surface area (TPSA) is 20.2 Å². The zero-order chi connectivity index (χ0) is 8.44. The van der Waals surface area contributed by atoms with E-state index in [0.29, 0.717) is 0 Å². The van der Waals surface area contributed by atoms with Gasteiger partial charge in [0, 0.05) is 4.88 Å². The number of rotatable bonds is 1. The highest BCUT2D eigenvalue weighted by Crippen LogP contribution is 2.34. The highest BCUT2D eigenvalue weighted by atomic mass is 32.1. The Bertz CT molecular complexity index is 276. The van der Waals surface area contributed by atoms with Gasteiger partial charge in [0.2, 0.25) is 0 Å². The molecule has 0 saturated carbocycles. The van der Waals surface area contributed by atoms with E-state index >= 15 is 0 Å². The summed E-state index contributed by atoms with van der Waals surface area (Å²) in [6.07, 6.45) is 7.06. The normalized spacial score (nSPS) is 29.1. The van der Waals surface area contributed by atoms with Gasteiger partial charge in [-0.15, -0.1) is 11.3 Å². The van der Waals surface area contributed by atoms with Crippen molar-refractivity contribution in [1.82, 2.24) is 0 Å². The van der Waals surface area contributed by atoms with Crippen molar-refractivity contribution in [2.24, 2.45) is 0 Å². The van der Waals surface area contributed by atoms with Gasteiger partial charge in [-0.2, -0.15) is 0 Å². The first-order chi connectivity index (χ1) is 5.81. The predicted molar refractivity (Wildman–Crippen MR) is 51.2 cm³/mol. The maximum Gasteiger partial charge on any atom is 0.117 e. The minimum Gasteiger partial charge on any atom is -0.380 e. The van der Waals surface area contributed by atoms with Crippen LogP contribution in [-0.2, 0) is 5.60 Å². The Morgan fingerprint density at radius 1 is 1.50 bits per heavy atom. The summed E-state index contributed by atoms with van der Waals surface area (Å²) in [6, 6.07) is 3.99. The van der Waals surface area contributed by atoms with E-state index in [0.717, 1.165) is 24.1 Å². The fourth-order valence-electron chi connectivity index (χ4n) is 1.58. The van der Waals surface area contributed by atoms with E-state index in [1.165, 1.54) is 0 Å². The average Bonchev–Trinajstić information content (AvgIpc) is 2.58. The molecule has 0 aromatic carbocycles. The largest absolute Gasteiger partial charge is 0.380 e. The van der Waals surface area contributed by atoms with Gasteiger partial charge in [0.05, 0.1) is 0 Å². The molecule has 1 atom stereocenters. The zero-order valence-electron chi connectivity index (χ0n) is 6.86. The van der Waals surface area contributed by atoms with Gasteiger partial charge < -0.3 is 5.11 Å². The molecule has 1 aliphatic carbocycles. The van der Waals surface area contributed by atoms with Gasteiger partial charge in [-0.25, -0.2) is 0 Å². The molecule has 1 aromatic heterocycles. The molecule has 12 heavy (non-hydrogen) atoms. The quantitative estimate of drug-likeness (QED) is 0.659. The van der Waals surface area contributed by atoms with Crippen molar-refractivity contribution in [1.29, 1.82) is 0 Å². The Balaban J connectivity index is 2.31. The molecule has 0 saturated heterocycles. The number of hydrogen-bond donors (Lipinski definition) is 1. The zero-order valence-corrected chi connectivity index (χ0v) is 7.68. The highest BCUT2D eigenvalue weighted by Gasteiger charge is 2.27. The van der Waals surface area contributed by atoms with E-state index in [1.807, 2.05) is 23.6 Å². The summed E-state index contributed by atoms with van der Waals surface area (Å²) in [4.78, 5) is 1.07. The molecule has 0 bridgehead atoms. The Kier molecular flexibility index (Phi) is 2.03. The molecule has 1 nitrogen and oxygen atoms in total. The summed E-state index contributed by atoms with van der Waals surface area (Å²) >= 11 is 1.63. The molecule has 0 fully saturated rings. The van der Waals surface area contributed by atoms with Crippen LogP contribution in [0.1, 0.15) is 24.1 Å². The maximum atomic E-state index is 10.2. The summed E-state index contributed by atoms with van der Waals surface area (Å²) in [6.45, 7) is 0. The van der Waals surface area contributed by atoms with E-state index in [-0.39, 0.29) is 0 Å². The first-order valence-corrected chi connectivity index (χ1v) is 5.13. The van der Waals surface area contributed by atoms with Crippen molar-refractivity contribution in [3.63, 3.8) is 0 Å². The van der Waals surface area contributed by atoms with Gasteiger partial charge in [0.15, 0.2) is 0 Å². The third kappa shape index (κ3) is 1.32. The van der Waals surface area contributed by atoms with Crippen molar-refractivity contribution >= 4 is 11.3 Å². The fraction of sp³-hybridized carbons (Fsp3) is 0.400. The minimum absolute atomic E-state index is 0.660. The third-order valence-corrected chi connectivity index (χ3v) is 3.31. The Hall–Kier alpha value is -0.600. The molecule has 2 heteroatoms. The van der Waals surface area contributed by atoms with Crippen LogP contribution in [0.2, 0.25) is 0 Å². The van der Waals surface area contributed by atoms with E-state index < -0.39 is 5.60 Å². The molecule has 1 aliphatic rings. The van der Waals surface area contributed by atoms with E-state index in [2.05, 4.69) is 6.08 Å². The van der Waals surface area contributed by atoms with E-state index in [9.17, 15) is 5.11 Å². The van der Waals surface area contributed by atoms with Gasteiger partial charge >= 0.3 is 0 Å². The van der Waals surface area contributed by atoms with Crippen LogP contribution in [0.3, 0.4) is 0 Å². The number of thiophene rings is 1. The van der Waals surface area contributed by atoms with Crippen molar-refractivity contribution in [3.05, 3.63) is 34.5 Å². The third-order valence-electron chi connectivity index (χ3n) is 2.27. The van der Waals surface area contributed by atoms with Gasteiger partial charge in [-0.05, 0) is 30.7 Å². The fourth-order valence-corrected chi connectivity index (χ4v) is 2.42. The van der Waals surface area contributed by atoms with Gasteiger partial charge in [-0.1, -0.05) is 18.2 Å². The molecule has 0 aliphatic heterocycles. The molecular formula is C10H12OS. The lowest BCUT2D eigenvalue weighted by Gasteiger charge is -2.25. The number of hydrogen-bond acceptors (Lipinski definition) is 2. The molecule has 1 heterocycles. The molecule has 0 amide bonds. The SMILES string of the molecule is O[C@@]1(c2cccs2)C=CCCC1. The molecular weight excluding hydrogens is 168 g/mol. The lowest BCUT2D eigenvalue weighted by Crippen LogP contribution is -2.23. The van der Waals surface area contributed by atoms with Crippen LogP contribution in [-0.4, -0.2) is 5.11 Å². The predicted octanol–water partition coefficient (Wildman–Crippen LogP) is 2.68. The second kappa shape index (κ2) is 3.04. The Labute approximate surface area is 76.4 Å². The summed E-state index contributed by atoms with van der Waals surface area (Å²) in [5.41, 5.74) is -0.660. The lowest BCUT2D eigenvalue weighted by molar-refractivity contribution is 0.0764. The van der Waals surface area contributed by atoms with Gasteiger partial charge in [0.1, 0.15) is 5.60 Å². The second-order valence-electron chi connectivity index (χ2n) is 3.20. The molecule has 1 N–H and O–H groups in total. The van der Waals surface area contributed by atoms with E-state index in [4.69, 9.17) is 0 Å². The summed E-state index contributed by atoms with van der Waals surface area (Å²) in [5.74, 6) is 0. The van der Waals surface area contributed by atoms with Crippen LogP contribution in [0.15, 0.2) is 29.7 Å². The van der Waals surface area contributed by atoms with Crippen LogP contribution in [0.5, 0.6) is 0 Å². The first-order valence-electron chi connectivity index (χ1n) is 4.25. The summed E-state index contributed by atoms with van der Waals surface area (Å²) < 4.78 is 0. The summed E-state index contributed by atoms with van der Waals surface area (Å²) in [7, 11) is 0. The monoisotopic (exact) mass is 180 g/mol. The van der Waals surface area contributed by atoms with Crippen molar-refractivity contribution in [3.8, 4) is 0 Å². The lowest BCUT2D eigenvalue weighted by atomic mass is 9.90. The van der Waals surface area contributed by atoms with Crippen LogP contribution >= 0.6 is 11.3 Å². The van der Waals surface area contributed by atoms with Crippen LogP contribution in [0, 0.1) is 0 Å². The number of allylic oxidation sites excluding steroid dienone is 1. The van der Waals surface area contributed by atoms with Crippen LogP contribution in [0.25, 0.3) is 0 Å². The van der Waals surface area contributed by atoms with E-state index in [1.54, 1.807) is 11.3 Å². The number of aliphatic hydroxyl groups is 1. The smallest absolute Gasteiger partial charge is 0.117 e. The van der Waals surface area contributed by atoms with Crippen LogP contribution in [0.4, 0.5) is 0 Å². The average molecular weight is 180 g/mol. The van der Waals surface area contributed by atoms with Crippen molar-refractivity contribution in [2.45, 2.75) is 24.9 Å². The van der Waals surface area contributed by atoms with Gasteiger partial charge in [0.25, 0.3) is 0 Å². The first kappa shape index (κ1) is 8.02. The minimum atomic E-state index is -0.660. The Morgan fingerprint density at radius 2 is 2.42 bits per heavy atom.